The summed E-state index contributed by atoms with van der Waals surface area (Å²) in [6.07, 6.45) is 3.43. The van der Waals surface area contributed by atoms with Gasteiger partial charge < -0.3 is 19.1 Å². The zero-order valence-electron chi connectivity index (χ0n) is 12.5. The average molecular weight is 329 g/mol. The van der Waals surface area contributed by atoms with Gasteiger partial charge in [0.25, 0.3) is 5.56 Å². The van der Waals surface area contributed by atoms with Crippen molar-refractivity contribution in [3.63, 3.8) is 0 Å². The summed E-state index contributed by atoms with van der Waals surface area (Å²) in [5.41, 5.74) is -0.912. The van der Waals surface area contributed by atoms with E-state index in [0.29, 0.717) is 6.54 Å². The second-order valence-electron chi connectivity index (χ2n) is 4.63. The fourth-order valence-corrected chi connectivity index (χ4v) is 2.83. The molecule has 0 radical (unpaired) electrons. The number of aromatic nitrogens is 2. The van der Waals surface area contributed by atoms with Gasteiger partial charge in [0.05, 0.1) is 6.10 Å². The summed E-state index contributed by atoms with van der Waals surface area (Å²) in [4.78, 5) is 25.2. The number of nitrogens with one attached hydrogen (secondary N) is 2. The molecule has 0 aromatic carbocycles. The van der Waals surface area contributed by atoms with Gasteiger partial charge in [-0.05, 0) is 18.8 Å². The second-order valence-corrected chi connectivity index (χ2v) is 6.23. The minimum Gasteiger partial charge on any atom is -0.349 e. The molecule has 122 valence electrons. The molecule has 2 heterocycles. The van der Waals surface area contributed by atoms with Crippen LogP contribution in [-0.2, 0) is 13.8 Å². The number of hydrogen-bond acceptors (Lipinski definition) is 6. The van der Waals surface area contributed by atoms with E-state index in [1.165, 1.54) is 16.8 Å². The Bertz CT molecular complexity index is 610. The van der Waals surface area contributed by atoms with Gasteiger partial charge in [0.1, 0.15) is 0 Å². The molecular formula is C13H20N3O5P. The van der Waals surface area contributed by atoms with E-state index < -0.39 is 25.9 Å². The fraction of sp³-hybridized carbons (Fsp3) is 0.538. The molecule has 2 rings (SSSR count). The van der Waals surface area contributed by atoms with Gasteiger partial charge in [-0.25, -0.2) is 4.79 Å². The first kappa shape index (κ1) is 17.1. The van der Waals surface area contributed by atoms with E-state index in [9.17, 15) is 9.59 Å². The van der Waals surface area contributed by atoms with Crippen LogP contribution in [0.4, 0.5) is 0 Å². The Morgan fingerprint density at radius 2 is 2.18 bits per heavy atom. The van der Waals surface area contributed by atoms with Crippen LogP contribution in [0.15, 0.2) is 33.7 Å². The van der Waals surface area contributed by atoms with E-state index in [4.69, 9.17) is 13.8 Å². The number of H-pyrrole nitrogens is 1. The van der Waals surface area contributed by atoms with Crippen molar-refractivity contribution in [3.8, 4) is 0 Å². The van der Waals surface area contributed by atoms with Crippen molar-refractivity contribution < 1.29 is 13.8 Å². The minimum atomic E-state index is -1.07. The molecular weight excluding hydrogens is 309 g/mol. The molecule has 22 heavy (non-hydrogen) atoms. The Morgan fingerprint density at radius 3 is 2.86 bits per heavy atom. The topological polar surface area (TPSA) is 94.6 Å². The van der Waals surface area contributed by atoms with Gasteiger partial charge in [0.2, 0.25) is 0 Å². The molecule has 1 aliphatic rings. The fourth-order valence-electron chi connectivity index (χ4n) is 2.11. The van der Waals surface area contributed by atoms with Crippen LogP contribution in [0.1, 0.15) is 12.6 Å². The summed E-state index contributed by atoms with van der Waals surface area (Å²) in [5, 5.41) is 3.22. The average Bonchev–Trinajstić information content (AvgIpc) is 2.74. The van der Waals surface area contributed by atoms with Gasteiger partial charge in [0, 0.05) is 33.0 Å². The van der Waals surface area contributed by atoms with Gasteiger partial charge >= 0.3 is 5.69 Å². The van der Waals surface area contributed by atoms with E-state index in [2.05, 4.69) is 10.3 Å². The maximum atomic E-state index is 11.9. The van der Waals surface area contributed by atoms with Crippen LogP contribution in [0, 0.1) is 0 Å². The Kier molecular flexibility index (Phi) is 6.48. The SMILES string of the molecule is COP(/C=C/C1CCNCC(n2ccc(=O)[nH]c2=O)O1)OC. The third kappa shape index (κ3) is 4.59. The van der Waals surface area contributed by atoms with Crippen LogP contribution in [0.25, 0.3) is 0 Å². The summed E-state index contributed by atoms with van der Waals surface area (Å²) in [7, 11) is 2.10. The highest BCUT2D eigenvalue weighted by atomic mass is 31.2. The zero-order valence-corrected chi connectivity index (χ0v) is 13.4. The highest BCUT2D eigenvalue weighted by molar-refractivity contribution is 7.50. The quantitative estimate of drug-likeness (QED) is 0.766. The predicted molar refractivity (Wildman–Crippen MR) is 82.8 cm³/mol. The lowest BCUT2D eigenvalue weighted by atomic mass is 10.2. The molecule has 0 saturated carbocycles. The van der Waals surface area contributed by atoms with Crippen molar-refractivity contribution in [1.82, 2.24) is 14.9 Å². The number of aromatic amines is 1. The second kappa shape index (κ2) is 8.36. The first-order valence-corrected chi connectivity index (χ1v) is 8.12. The molecule has 1 aromatic heterocycles. The molecule has 1 aliphatic heterocycles. The number of nitrogens with zero attached hydrogens (tertiary/aromatic N) is 1. The smallest absolute Gasteiger partial charge is 0.330 e. The Hall–Kier alpha value is -1.31. The van der Waals surface area contributed by atoms with Crippen LogP contribution in [0.2, 0.25) is 0 Å². The number of hydrogen-bond donors (Lipinski definition) is 2. The Balaban J connectivity index is 2.13. The first-order valence-electron chi connectivity index (χ1n) is 6.87. The largest absolute Gasteiger partial charge is 0.349 e. The highest BCUT2D eigenvalue weighted by Gasteiger charge is 2.21. The maximum Gasteiger partial charge on any atom is 0.330 e. The lowest BCUT2D eigenvalue weighted by Crippen LogP contribution is -2.36. The summed E-state index contributed by atoms with van der Waals surface area (Å²) in [5.74, 6) is 1.83. The highest BCUT2D eigenvalue weighted by Crippen LogP contribution is 2.37. The van der Waals surface area contributed by atoms with E-state index >= 15 is 0 Å². The van der Waals surface area contributed by atoms with E-state index in [1.54, 1.807) is 14.2 Å². The van der Waals surface area contributed by atoms with Gasteiger partial charge in [-0.15, -0.1) is 0 Å². The maximum absolute atomic E-state index is 11.9. The Morgan fingerprint density at radius 1 is 1.41 bits per heavy atom. The Labute approximate surface area is 129 Å². The molecule has 9 heteroatoms. The van der Waals surface area contributed by atoms with Crippen molar-refractivity contribution in [2.75, 3.05) is 27.3 Å². The summed E-state index contributed by atoms with van der Waals surface area (Å²) < 4.78 is 17.6. The number of rotatable bonds is 5. The first-order chi connectivity index (χ1) is 10.6. The zero-order chi connectivity index (χ0) is 15.9. The molecule has 0 aliphatic carbocycles. The standard InChI is InChI=1S/C13H20N3O5P/c1-19-22(20-2)8-5-10-3-6-14-9-12(21-10)16-7-4-11(17)15-13(16)18/h4-5,7-8,10,12,14H,3,6,9H2,1-2H3,(H,15,17,18)/b8-5+. The molecule has 2 unspecified atom stereocenters. The van der Waals surface area contributed by atoms with Crippen molar-refractivity contribution in [3.05, 3.63) is 45.0 Å². The molecule has 0 spiro atoms. The van der Waals surface area contributed by atoms with Gasteiger partial charge in [-0.2, -0.15) is 0 Å². The molecule has 1 saturated heterocycles. The third-order valence-electron chi connectivity index (χ3n) is 3.20. The van der Waals surface area contributed by atoms with Gasteiger partial charge in [-0.1, -0.05) is 6.08 Å². The number of ether oxygens (including phenoxy) is 1. The van der Waals surface area contributed by atoms with Crippen LogP contribution < -0.4 is 16.6 Å². The lowest BCUT2D eigenvalue weighted by Gasteiger charge is -2.21. The summed E-state index contributed by atoms with van der Waals surface area (Å²) in [6, 6.07) is 1.30. The van der Waals surface area contributed by atoms with E-state index in [-0.39, 0.29) is 6.10 Å². The summed E-state index contributed by atoms with van der Waals surface area (Å²) >= 11 is 0. The van der Waals surface area contributed by atoms with Crippen LogP contribution in [0.3, 0.4) is 0 Å². The van der Waals surface area contributed by atoms with Gasteiger partial charge in [0.15, 0.2) is 14.6 Å². The normalized spacial score (nSPS) is 23.0. The lowest BCUT2D eigenvalue weighted by molar-refractivity contribution is -0.0232. The summed E-state index contributed by atoms with van der Waals surface area (Å²) in [6.45, 7) is 1.25. The van der Waals surface area contributed by atoms with E-state index in [1.807, 2.05) is 11.9 Å². The van der Waals surface area contributed by atoms with E-state index in [0.717, 1.165) is 13.0 Å². The molecule has 8 nitrogen and oxygen atoms in total. The predicted octanol–water partition coefficient (Wildman–Crippen LogP) is 0.532. The molecule has 2 atom stereocenters. The molecule has 0 bridgehead atoms. The van der Waals surface area contributed by atoms with Crippen molar-refractivity contribution in [2.45, 2.75) is 18.8 Å². The van der Waals surface area contributed by atoms with Crippen molar-refractivity contribution in [1.29, 1.82) is 0 Å². The molecule has 0 amide bonds. The monoisotopic (exact) mass is 329 g/mol. The molecule has 1 fully saturated rings. The minimum absolute atomic E-state index is 0.172. The van der Waals surface area contributed by atoms with Crippen LogP contribution in [-0.4, -0.2) is 43.0 Å². The molecule has 2 N–H and O–H groups in total. The van der Waals surface area contributed by atoms with Crippen molar-refractivity contribution >= 4 is 8.38 Å². The third-order valence-corrected chi connectivity index (χ3v) is 4.34. The van der Waals surface area contributed by atoms with Gasteiger partial charge in [-0.3, -0.25) is 14.3 Å². The van der Waals surface area contributed by atoms with Crippen molar-refractivity contribution in [2.24, 2.45) is 0 Å². The van der Waals surface area contributed by atoms with Crippen LogP contribution >= 0.6 is 8.38 Å². The molecule has 1 aromatic rings. The van der Waals surface area contributed by atoms with Crippen LogP contribution in [0.5, 0.6) is 0 Å².